The average Bonchev–Trinajstić information content (AvgIpc) is 2.85. The van der Waals surface area contributed by atoms with Gasteiger partial charge < -0.3 is 9.64 Å². The molecule has 0 bridgehead atoms. The predicted octanol–water partition coefficient (Wildman–Crippen LogP) is 3.03. The van der Waals surface area contributed by atoms with Crippen molar-refractivity contribution in [3.8, 4) is 0 Å². The van der Waals surface area contributed by atoms with Gasteiger partial charge in [-0.2, -0.15) is 0 Å². The van der Waals surface area contributed by atoms with E-state index in [-0.39, 0.29) is 12.5 Å². The molecular weight excluding hydrogens is 376 g/mol. The van der Waals surface area contributed by atoms with Crippen molar-refractivity contribution >= 4 is 28.5 Å². The lowest BCUT2D eigenvalue weighted by Crippen LogP contribution is -2.63. The first kappa shape index (κ1) is 20.3. The van der Waals surface area contributed by atoms with Gasteiger partial charge >= 0.3 is 5.97 Å². The van der Waals surface area contributed by atoms with Gasteiger partial charge in [0.2, 0.25) is 0 Å². The Labute approximate surface area is 168 Å². The number of carbonyl (C=O) groups is 2. The minimum Gasteiger partial charge on any atom is -0.463 e. The molecule has 2 aliphatic rings. The molecule has 3 rings (SSSR count). The van der Waals surface area contributed by atoms with Gasteiger partial charge in [0.05, 0.1) is 17.0 Å². The summed E-state index contributed by atoms with van der Waals surface area (Å²) < 4.78 is 19.4. The zero-order valence-corrected chi connectivity index (χ0v) is 17.5. The van der Waals surface area contributed by atoms with E-state index in [9.17, 15) is 13.8 Å². The SMILES string of the molecule is C=CCN1C(=O)[C@]2(C/C(=C\C(=O)OCC)N2S(=O)C(C)(C)C)c2ccccc21. The van der Waals surface area contributed by atoms with Crippen LogP contribution in [0.3, 0.4) is 0 Å². The largest absolute Gasteiger partial charge is 0.463 e. The fourth-order valence-electron chi connectivity index (χ4n) is 3.70. The number of fused-ring (bicyclic) bond motifs is 2. The zero-order valence-electron chi connectivity index (χ0n) is 16.7. The number of rotatable bonds is 5. The Morgan fingerprint density at radius 3 is 2.64 bits per heavy atom. The number of esters is 1. The third-order valence-electron chi connectivity index (χ3n) is 4.86. The van der Waals surface area contributed by atoms with E-state index in [1.807, 2.05) is 45.0 Å². The summed E-state index contributed by atoms with van der Waals surface area (Å²) in [6.45, 7) is 11.7. The lowest BCUT2D eigenvalue weighted by Gasteiger charge is -2.52. The third-order valence-corrected chi connectivity index (χ3v) is 6.78. The van der Waals surface area contributed by atoms with Crippen LogP contribution in [0.25, 0.3) is 0 Å². The standard InChI is InChI=1S/C21H26N2O4S/c1-6-12-22-17-11-9-8-10-16(17)21(19(22)25)14-15(13-18(24)27-7-2)23(21)28(26)20(3,4)5/h6,8-11,13H,1,7,12,14H2,2-5H3/b15-13+/t21-,28?/m0/s1. The molecule has 28 heavy (non-hydrogen) atoms. The molecule has 0 saturated carbocycles. The number of carbonyl (C=O) groups excluding carboxylic acids is 2. The van der Waals surface area contributed by atoms with Crippen molar-refractivity contribution < 1.29 is 18.5 Å². The highest BCUT2D eigenvalue weighted by molar-refractivity contribution is 7.84. The molecule has 2 aliphatic heterocycles. The maximum atomic E-state index is 13.5. The zero-order chi connectivity index (χ0) is 20.7. The van der Waals surface area contributed by atoms with Crippen molar-refractivity contribution in [1.29, 1.82) is 0 Å². The maximum Gasteiger partial charge on any atom is 0.332 e. The smallest absolute Gasteiger partial charge is 0.332 e. The second-order valence-electron chi connectivity index (χ2n) is 7.80. The van der Waals surface area contributed by atoms with Crippen molar-refractivity contribution in [2.45, 2.75) is 44.4 Å². The second-order valence-corrected chi connectivity index (χ2v) is 9.89. The minimum absolute atomic E-state index is 0.146. The van der Waals surface area contributed by atoms with Crippen LogP contribution in [0.5, 0.6) is 0 Å². The van der Waals surface area contributed by atoms with Gasteiger partial charge in [0.1, 0.15) is 11.0 Å². The lowest BCUT2D eigenvalue weighted by molar-refractivity contribution is -0.138. The molecule has 1 spiro atoms. The van der Waals surface area contributed by atoms with Gasteiger partial charge in [-0.1, -0.05) is 24.3 Å². The number of nitrogens with zero attached hydrogens (tertiary/aromatic N) is 2. The van der Waals surface area contributed by atoms with Crippen LogP contribution >= 0.6 is 0 Å². The van der Waals surface area contributed by atoms with Crippen molar-refractivity contribution in [3.63, 3.8) is 0 Å². The van der Waals surface area contributed by atoms with Crippen molar-refractivity contribution in [3.05, 3.63) is 54.3 Å². The summed E-state index contributed by atoms with van der Waals surface area (Å²) >= 11 is 0. The summed E-state index contributed by atoms with van der Waals surface area (Å²) in [7, 11) is -1.54. The Bertz CT molecular complexity index is 887. The van der Waals surface area contributed by atoms with Crippen LogP contribution in [0, 0.1) is 0 Å². The molecule has 2 atom stereocenters. The Morgan fingerprint density at radius 2 is 2.04 bits per heavy atom. The number of para-hydroxylation sites is 1. The molecule has 0 aromatic heterocycles. The van der Waals surface area contributed by atoms with Gasteiger partial charge in [-0.15, -0.1) is 6.58 Å². The number of benzene rings is 1. The van der Waals surface area contributed by atoms with Crippen LogP contribution in [0.1, 0.15) is 39.7 Å². The van der Waals surface area contributed by atoms with E-state index >= 15 is 0 Å². The van der Waals surface area contributed by atoms with E-state index < -0.39 is 27.2 Å². The van der Waals surface area contributed by atoms with E-state index in [1.165, 1.54) is 6.08 Å². The number of ether oxygens (including phenoxy) is 1. The molecule has 0 aliphatic carbocycles. The first-order valence-corrected chi connectivity index (χ1v) is 10.4. The molecule has 1 unspecified atom stereocenters. The summed E-state index contributed by atoms with van der Waals surface area (Å²) in [6, 6.07) is 7.53. The normalized spacial score (nSPS) is 23.6. The van der Waals surface area contributed by atoms with E-state index in [1.54, 1.807) is 22.2 Å². The fourth-order valence-corrected chi connectivity index (χ4v) is 5.10. The van der Waals surface area contributed by atoms with Gasteiger partial charge in [0, 0.05) is 30.3 Å². The Kier molecular flexibility index (Phi) is 5.23. The molecule has 7 heteroatoms. The molecule has 6 nitrogen and oxygen atoms in total. The predicted molar refractivity (Wildman–Crippen MR) is 110 cm³/mol. The van der Waals surface area contributed by atoms with Crippen LogP contribution in [-0.2, 0) is 30.9 Å². The molecule has 0 N–H and O–H groups in total. The topological polar surface area (TPSA) is 66.9 Å². The molecule has 1 saturated heterocycles. The Hall–Kier alpha value is -2.41. The van der Waals surface area contributed by atoms with Gasteiger partial charge in [0.15, 0.2) is 5.54 Å². The third kappa shape index (κ3) is 2.98. The Morgan fingerprint density at radius 1 is 1.36 bits per heavy atom. The van der Waals surface area contributed by atoms with E-state index in [4.69, 9.17) is 4.74 Å². The van der Waals surface area contributed by atoms with Gasteiger partial charge in [-0.05, 0) is 33.8 Å². The molecule has 1 fully saturated rings. The summed E-state index contributed by atoms with van der Waals surface area (Å²) in [5.74, 6) is -0.642. The van der Waals surface area contributed by atoms with E-state index in [0.29, 0.717) is 18.7 Å². The molecular formula is C21H26N2O4S. The van der Waals surface area contributed by atoms with Gasteiger partial charge in [0.25, 0.3) is 5.91 Å². The molecule has 0 radical (unpaired) electrons. The number of anilines is 1. The number of hydrogen-bond donors (Lipinski definition) is 0. The van der Waals surface area contributed by atoms with Gasteiger partial charge in [-0.25, -0.2) is 9.00 Å². The van der Waals surface area contributed by atoms with Crippen LogP contribution in [0.4, 0.5) is 5.69 Å². The van der Waals surface area contributed by atoms with Crippen molar-refractivity contribution in [1.82, 2.24) is 4.31 Å². The Balaban J connectivity index is 2.14. The number of amides is 1. The van der Waals surface area contributed by atoms with E-state index in [0.717, 1.165) is 11.3 Å². The van der Waals surface area contributed by atoms with Crippen LogP contribution in [-0.4, -0.2) is 38.3 Å². The summed E-state index contributed by atoms with van der Waals surface area (Å²) in [5, 5.41) is 0. The molecule has 2 heterocycles. The van der Waals surface area contributed by atoms with Gasteiger partial charge in [-0.3, -0.25) is 9.10 Å². The highest BCUT2D eigenvalue weighted by atomic mass is 32.2. The van der Waals surface area contributed by atoms with E-state index in [2.05, 4.69) is 6.58 Å². The van der Waals surface area contributed by atoms with Crippen LogP contribution < -0.4 is 4.90 Å². The first-order chi connectivity index (χ1) is 13.2. The fraction of sp³-hybridized carbons (Fsp3) is 0.429. The molecule has 1 aromatic rings. The van der Waals surface area contributed by atoms with Crippen LogP contribution in [0.2, 0.25) is 0 Å². The van der Waals surface area contributed by atoms with Crippen LogP contribution in [0.15, 0.2) is 48.7 Å². The summed E-state index contributed by atoms with van der Waals surface area (Å²) in [5.41, 5.74) is 1.07. The number of hydrogen-bond acceptors (Lipinski definition) is 4. The quantitative estimate of drug-likeness (QED) is 0.431. The first-order valence-electron chi connectivity index (χ1n) is 9.30. The summed E-state index contributed by atoms with van der Waals surface area (Å²) in [4.78, 5) is 27.2. The highest BCUT2D eigenvalue weighted by Gasteiger charge is 2.64. The van der Waals surface area contributed by atoms with Crippen molar-refractivity contribution in [2.24, 2.45) is 0 Å². The monoisotopic (exact) mass is 402 g/mol. The molecule has 1 amide bonds. The molecule has 1 aromatic carbocycles. The van der Waals surface area contributed by atoms with Crippen molar-refractivity contribution in [2.75, 3.05) is 18.1 Å². The minimum atomic E-state index is -1.54. The summed E-state index contributed by atoms with van der Waals surface area (Å²) in [6.07, 6.45) is 3.33. The lowest BCUT2D eigenvalue weighted by atomic mass is 9.79. The second kappa shape index (κ2) is 7.20. The highest BCUT2D eigenvalue weighted by Crippen LogP contribution is 2.57. The molecule has 150 valence electrons. The average molecular weight is 403 g/mol. The maximum absolute atomic E-state index is 13.5.